The van der Waals surface area contributed by atoms with Gasteiger partial charge in [-0.05, 0) is 43.0 Å². The molecule has 10 nitrogen and oxygen atoms in total. The lowest BCUT2D eigenvalue weighted by atomic mass is 9.88. The van der Waals surface area contributed by atoms with Crippen molar-refractivity contribution in [2.24, 2.45) is 5.41 Å². The minimum atomic E-state index is -4.19. The van der Waals surface area contributed by atoms with E-state index in [1.807, 2.05) is 0 Å². The van der Waals surface area contributed by atoms with E-state index in [1.165, 1.54) is 28.8 Å². The van der Waals surface area contributed by atoms with E-state index in [2.05, 4.69) is 4.98 Å². The number of phenolic OH excluding ortho intramolecular Hbond substituents is 1. The lowest BCUT2D eigenvalue weighted by Crippen LogP contribution is -2.41. The Labute approximate surface area is 221 Å². The minimum Gasteiger partial charge on any atom is -0.508 e. The number of amides is 1. The molecule has 1 unspecified atom stereocenters. The average molecular weight is 554 g/mol. The first-order valence-corrected chi connectivity index (χ1v) is 13.8. The van der Waals surface area contributed by atoms with Crippen molar-refractivity contribution in [2.45, 2.75) is 40.2 Å². The Morgan fingerprint density at radius 1 is 1.18 bits per heavy atom. The van der Waals surface area contributed by atoms with Gasteiger partial charge in [-0.2, -0.15) is 0 Å². The molecule has 4 heterocycles. The fourth-order valence-electron chi connectivity index (χ4n) is 5.71. The molecule has 39 heavy (non-hydrogen) atoms. The Morgan fingerprint density at radius 2 is 1.92 bits per heavy atom. The van der Waals surface area contributed by atoms with Crippen molar-refractivity contribution in [3.8, 4) is 5.75 Å². The lowest BCUT2D eigenvalue weighted by Gasteiger charge is -2.37. The van der Waals surface area contributed by atoms with E-state index in [-0.39, 0.29) is 68.2 Å². The van der Waals surface area contributed by atoms with E-state index in [1.54, 1.807) is 33.8 Å². The Kier molecular flexibility index (Phi) is 5.25. The van der Waals surface area contributed by atoms with Crippen LogP contribution in [0.2, 0.25) is 0 Å². The second-order valence-electron chi connectivity index (χ2n) is 10.7. The van der Waals surface area contributed by atoms with Crippen LogP contribution in [0.3, 0.4) is 0 Å². The predicted octanol–water partition coefficient (Wildman–Crippen LogP) is 4.46. The molecule has 12 heteroatoms. The van der Waals surface area contributed by atoms with Crippen LogP contribution >= 0.6 is 0 Å². The maximum atomic E-state index is 15.6. The summed E-state index contributed by atoms with van der Waals surface area (Å²) >= 11 is 0. The quantitative estimate of drug-likeness (QED) is 0.384. The van der Waals surface area contributed by atoms with E-state index in [4.69, 9.17) is 8.83 Å². The Bertz CT molecular complexity index is 1910. The van der Waals surface area contributed by atoms with Gasteiger partial charge in [0.25, 0.3) is 5.91 Å². The molecule has 2 aromatic carbocycles. The normalized spacial score (nSPS) is 19.7. The maximum absolute atomic E-state index is 15.6. The van der Waals surface area contributed by atoms with E-state index >= 15 is 4.39 Å². The Morgan fingerprint density at radius 3 is 2.59 bits per heavy atom. The van der Waals surface area contributed by atoms with Gasteiger partial charge in [-0.3, -0.25) is 9.69 Å². The number of para-hydroxylation sites is 1. The molecule has 202 valence electrons. The van der Waals surface area contributed by atoms with Crippen molar-refractivity contribution >= 4 is 38.2 Å². The van der Waals surface area contributed by atoms with Gasteiger partial charge in [-0.25, -0.2) is 27.2 Å². The summed E-state index contributed by atoms with van der Waals surface area (Å²) in [6, 6.07) is 6.40. The number of sulfone groups is 1. The van der Waals surface area contributed by atoms with Crippen molar-refractivity contribution in [2.75, 3.05) is 10.7 Å². The second kappa shape index (κ2) is 8.15. The van der Waals surface area contributed by atoms with Gasteiger partial charge in [0.05, 0.1) is 16.3 Å². The van der Waals surface area contributed by atoms with Gasteiger partial charge in [-0.1, -0.05) is 19.9 Å². The number of oxazole rings is 2. The van der Waals surface area contributed by atoms with E-state index < -0.39 is 38.8 Å². The molecule has 0 fully saturated rings. The number of phenols is 1. The molecule has 0 saturated carbocycles. The van der Waals surface area contributed by atoms with Crippen LogP contribution in [-0.4, -0.2) is 34.7 Å². The third-order valence-electron chi connectivity index (χ3n) is 7.07. The number of halogens is 1. The van der Waals surface area contributed by atoms with Gasteiger partial charge in [0.15, 0.2) is 27.0 Å². The highest BCUT2D eigenvalue weighted by Gasteiger charge is 2.49. The molecule has 0 aliphatic carbocycles. The number of aryl methyl sites for hydroxylation is 2. The Hall–Kier alpha value is -4.19. The third-order valence-corrected chi connectivity index (χ3v) is 9.36. The van der Waals surface area contributed by atoms with Gasteiger partial charge in [0.1, 0.15) is 28.9 Å². The first kappa shape index (κ1) is 25.1. The van der Waals surface area contributed by atoms with Gasteiger partial charge in [0.2, 0.25) is 0 Å². The predicted molar refractivity (Wildman–Crippen MR) is 139 cm³/mol. The topological polar surface area (TPSA) is 136 Å². The summed E-state index contributed by atoms with van der Waals surface area (Å²) < 4.78 is 56.0. The van der Waals surface area contributed by atoms with Crippen molar-refractivity contribution in [1.82, 2.24) is 9.55 Å². The molecular weight excluding hydrogens is 529 g/mol. The lowest BCUT2D eigenvalue weighted by molar-refractivity contribution is 0.0975. The zero-order chi connectivity index (χ0) is 28.0. The molecule has 1 amide bonds. The molecular formula is C27H24FN3O7S. The minimum absolute atomic E-state index is 0.0938. The molecule has 1 atom stereocenters. The van der Waals surface area contributed by atoms with Crippen molar-refractivity contribution in [3.05, 3.63) is 80.6 Å². The first-order valence-electron chi connectivity index (χ1n) is 12.2. The zero-order valence-electron chi connectivity index (χ0n) is 21.5. The number of fused-ring (bicyclic) bond motifs is 1. The number of aromatic nitrogens is 2. The molecule has 1 N–H and O–H groups in total. The van der Waals surface area contributed by atoms with Gasteiger partial charge < -0.3 is 13.9 Å². The molecule has 0 radical (unpaired) electrons. The third kappa shape index (κ3) is 3.73. The fourth-order valence-corrected chi connectivity index (χ4v) is 8.09. The molecule has 4 aromatic rings. The highest BCUT2D eigenvalue weighted by molar-refractivity contribution is 7.95. The summed E-state index contributed by atoms with van der Waals surface area (Å²) in [6.45, 7) is 6.62. The SMILES string of the molecule is Cc1nc(C(=O)N2c3cccc4oc(=O)n(c34)C3=C(C2c2ccc(O)cc2F)S(=O)(=O)CC(C)(C)C3)c(C)o1. The summed E-state index contributed by atoms with van der Waals surface area (Å²) in [6.07, 6.45) is 0.130. The number of carbonyl (C=O) groups is 1. The van der Waals surface area contributed by atoms with Crippen molar-refractivity contribution in [1.29, 1.82) is 0 Å². The second-order valence-corrected chi connectivity index (χ2v) is 12.6. The monoisotopic (exact) mass is 553 g/mol. The van der Waals surface area contributed by atoms with E-state index in [0.29, 0.717) is 0 Å². The number of hydrogen-bond donors (Lipinski definition) is 1. The van der Waals surface area contributed by atoms with Gasteiger partial charge in [-0.15, -0.1) is 0 Å². The number of rotatable bonds is 2. The fraction of sp³-hybridized carbons (Fsp3) is 0.296. The van der Waals surface area contributed by atoms with Crippen LogP contribution in [0.4, 0.5) is 10.1 Å². The Balaban J connectivity index is 1.81. The molecule has 0 saturated heterocycles. The van der Waals surface area contributed by atoms with Crippen LogP contribution < -0.4 is 10.7 Å². The molecule has 2 aliphatic rings. The maximum Gasteiger partial charge on any atom is 0.424 e. The standard InChI is InChI=1S/C27H24FN3O7S/c1-13-21(29-14(2)37-13)25(33)30-18-6-5-7-20-23(18)31(26(34)38-20)19-11-27(3,4)12-39(35,36)24(19)22(30)16-9-8-15(32)10-17(16)28/h5-10,22,32H,11-12H2,1-4H3. The zero-order valence-corrected chi connectivity index (χ0v) is 22.3. The number of anilines is 1. The molecule has 0 bridgehead atoms. The van der Waals surface area contributed by atoms with Crippen LogP contribution in [0.25, 0.3) is 16.8 Å². The summed E-state index contributed by atoms with van der Waals surface area (Å²) in [7, 11) is -4.19. The number of allylic oxidation sites excluding steroid dienone is 1. The van der Waals surface area contributed by atoms with Crippen LogP contribution in [0, 0.1) is 25.1 Å². The summed E-state index contributed by atoms with van der Waals surface area (Å²) in [5.41, 5.74) is -0.525. The number of carbonyl (C=O) groups excluding carboxylic acids is 1. The average Bonchev–Trinajstić information content (AvgIpc) is 3.29. The van der Waals surface area contributed by atoms with Gasteiger partial charge >= 0.3 is 5.76 Å². The number of aromatic hydroxyl groups is 1. The largest absolute Gasteiger partial charge is 0.508 e. The van der Waals surface area contributed by atoms with Gasteiger partial charge in [0, 0.05) is 24.3 Å². The van der Waals surface area contributed by atoms with Crippen molar-refractivity contribution < 1.29 is 31.5 Å². The molecule has 2 aliphatic heterocycles. The number of benzene rings is 2. The smallest absolute Gasteiger partial charge is 0.424 e. The summed E-state index contributed by atoms with van der Waals surface area (Å²) in [5, 5.41) is 9.92. The molecule has 0 spiro atoms. The van der Waals surface area contributed by atoms with Crippen LogP contribution in [0.1, 0.15) is 54.0 Å². The van der Waals surface area contributed by atoms with E-state index in [9.17, 15) is 23.1 Å². The summed E-state index contributed by atoms with van der Waals surface area (Å²) in [5.74, 6) is -2.79. The first-order chi connectivity index (χ1) is 18.3. The van der Waals surface area contributed by atoms with Crippen LogP contribution in [-0.2, 0) is 9.84 Å². The number of hydrogen-bond acceptors (Lipinski definition) is 8. The van der Waals surface area contributed by atoms with E-state index in [0.717, 1.165) is 11.0 Å². The summed E-state index contributed by atoms with van der Waals surface area (Å²) in [4.78, 5) is 32.6. The van der Waals surface area contributed by atoms with Crippen LogP contribution in [0.15, 0.2) is 54.9 Å². The number of nitrogens with zero attached hydrogens (tertiary/aromatic N) is 3. The van der Waals surface area contributed by atoms with Crippen LogP contribution in [0.5, 0.6) is 5.75 Å². The van der Waals surface area contributed by atoms with Crippen molar-refractivity contribution in [3.63, 3.8) is 0 Å². The molecule has 2 aromatic heterocycles. The highest BCUT2D eigenvalue weighted by atomic mass is 32.2. The molecule has 6 rings (SSSR count). The highest BCUT2D eigenvalue weighted by Crippen LogP contribution is 2.51.